The van der Waals surface area contributed by atoms with Crippen LogP contribution in [-0.4, -0.2) is 23.9 Å². The van der Waals surface area contributed by atoms with Gasteiger partial charge in [-0.1, -0.05) is 26.7 Å². The lowest BCUT2D eigenvalue weighted by Crippen LogP contribution is -2.34. The molecule has 2 nitrogen and oxygen atoms in total. The Bertz CT molecular complexity index is 379. The average molecular weight is 332 g/mol. The SMILES string of the molecule is CCC(CC)CN(CC)C(=O)c1cc(C)c(Br)s1. The molecular formula is C14H22BrNOS. The highest BCUT2D eigenvalue weighted by atomic mass is 79.9. The quantitative estimate of drug-likeness (QED) is 0.738. The molecule has 102 valence electrons. The monoisotopic (exact) mass is 331 g/mol. The molecule has 1 aromatic rings. The molecule has 0 spiro atoms. The Hall–Kier alpha value is -0.350. The summed E-state index contributed by atoms with van der Waals surface area (Å²) < 4.78 is 1.06. The van der Waals surface area contributed by atoms with Crippen LogP contribution in [0.2, 0.25) is 0 Å². The lowest BCUT2D eigenvalue weighted by molar-refractivity contribution is 0.0740. The van der Waals surface area contributed by atoms with Gasteiger partial charge in [0, 0.05) is 13.1 Å². The molecule has 0 aliphatic carbocycles. The highest BCUT2D eigenvalue weighted by Crippen LogP contribution is 2.28. The number of carbonyl (C=O) groups excluding carboxylic acids is 1. The molecule has 0 aromatic carbocycles. The molecule has 0 aliphatic rings. The number of halogens is 1. The number of aryl methyl sites for hydroxylation is 1. The maximum absolute atomic E-state index is 12.4. The maximum atomic E-state index is 12.4. The fraction of sp³-hybridized carbons (Fsp3) is 0.643. The van der Waals surface area contributed by atoms with Crippen LogP contribution in [0.25, 0.3) is 0 Å². The van der Waals surface area contributed by atoms with E-state index in [1.807, 2.05) is 17.9 Å². The Morgan fingerprint density at radius 1 is 1.39 bits per heavy atom. The molecule has 0 saturated carbocycles. The van der Waals surface area contributed by atoms with Crippen LogP contribution in [0.5, 0.6) is 0 Å². The van der Waals surface area contributed by atoms with E-state index >= 15 is 0 Å². The van der Waals surface area contributed by atoms with Crippen LogP contribution in [-0.2, 0) is 0 Å². The molecule has 1 amide bonds. The second-order valence-electron chi connectivity index (χ2n) is 4.59. The van der Waals surface area contributed by atoms with E-state index < -0.39 is 0 Å². The predicted octanol–water partition coefficient (Wildman–Crippen LogP) is 4.72. The standard InChI is InChI=1S/C14H22BrNOS/c1-5-11(6-2)9-16(7-3)14(17)12-8-10(4)13(15)18-12/h8,11H,5-7,9H2,1-4H3. The summed E-state index contributed by atoms with van der Waals surface area (Å²) in [6, 6.07) is 1.98. The third-order valence-electron chi connectivity index (χ3n) is 3.37. The number of hydrogen-bond acceptors (Lipinski definition) is 2. The van der Waals surface area contributed by atoms with Gasteiger partial charge in [0.05, 0.1) is 8.66 Å². The molecule has 1 heterocycles. The van der Waals surface area contributed by atoms with Gasteiger partial charge in [0.2, 0.25) is 0 Å². The molecule has 4 heteroatoms. The summed E-state index contributed by atoms with van der Waals surface area (Å²) in [5.41, 5.74) is 1.14. The maximum Gasteiger partial charge on any atom is 0.263 e. The third-order valence-corrected chi connectivity index (χ3v) is 5.49. The Balaban J connectivity index is 2.79. The molecule has 1 rings (SSSR count). The molecule has 0 fully saturated rings. The van der Waals surface area contributed by atoms with Crippen molar-refractivity contribution in [2.45, 2.75) is 40.5 Å². The minimum atomic E-state index is 0.170. The van der Waals surface area contributed by atoms with E-state index in [9.17, 15) is 4.79 Å². The van der Waals surface area contributed by atoms with E-state index in [1.165, 1.54) is 11.3 Å². The molecule has 18 heavy (non-hydrogen) atoms. The van der Waals surface area contributed by atoms with Crippen molar-refractivity contribution in [3.63, 3.8) is 0 Å². The first kappa shape index (κ1) is 15.7. The summed E-state index contributed by atoms with van der Waals surface area (Å²) >= 11 is 5.02. The predicted molar refractivity (Wildman–Crippen MR) is 82.4 cm³/mol. The highest BCUT2D eigenvalue weighted by molar-refractivity contribution is 9.11. The van der Waals surface area contributed by atoms with Crippen molar-refractivity contribution >= 4 is 33.2 Å². The Morgan fingerprint density at radius 3 is 2.39 bits per heavy atom. The van der Waals surface area contributed by atoms with E-state index in [2.05, 4.69) is 36.7 Å². The van der Waals surface area contributed by atoms with Crippen molar-refractivity contribution in [3.05, 3.63) is 20.3 Å². The van der Waals surface area contributed by atoms with Crippen LogP contribution >= 0.6 is 27.3 Å². The fourth-order valence-electron chi connectivity index (χ4n) is 1.94. The molecular weight excluding hydrogens is 310 g/mol. The first-order chi connectivity index (χ1) is 8.53. The Kier molecular flexibility index (Phi) is 6.36. The summed E-state index contributed by atoms with van der Waals surface area (Å²) in [6.07, 6.45) is 2.26. The summed E-state index contributed by atoms with van der Waals surface area (Å²) in [4.78, 5) is 15.2. The molecule has 0 aliphatic heterocycles. The van der Waals surface area contributed by atoms with Crippen LogP contribution in [0.3, 0.4) is 0 Å². The summed E-state index contributed by atoms with van der Waals surface area (Å²) in [5.74, 6) is 0.779. The topological polar surface area (TPSA) is 20.3 Å². The second-order valence-corrected chi connectivity index (χ2v) is 6.96. The Labute approximate surface area is 123 Å². The molecule has 0 bridgehead atoms. The van der Waals surface area contributed by atoms with E-state index in [0.717, 1.165) is 40.2 Å². The van der Waals surface area contributed by atoms with Gasteiger partial charge >= 0.3 is 0 Å². The zero-order valence-corrected chi connectivity index (χ0v) is 14.0. The van der Waals surface area contributed by atoms with Crippen LogP contribution in [0.4, 0.5) is 0 Å². The summed E-state index contributed by atoms with van der Waals surface area (Å²) in [7, 11) is 0. The van der Waals surface area contributed by atoms with Crippen molar-refractivity contribution in [1.82, 2.24) is 4.90 Å². The van der Waals surface area contributed by atoms with Crippen molar-refractivity contribution in [1.29, 1.82) is 0 Å². The first-order valence-corrected chi connectivity index (χ1v) is 8.19. The molecule has 0 radical (unpaired) electrons. The number of carbonyl (C=O) groups is 1. The number of amides is 1. The van der Waals surface area contributed by atoms with Gasteiger partial charge in [0.15, 0.2) is 0 Å². The van der Waals surface area contributed by atoms with Gasteiger partial charge < -0.3 is 4.90 Å². The van der Waals surface area contributed by atoms with E-state index in [1.54, 1.807) is 0 Å². The largest absolute Gasteiger partial charge is 0.338 e. The Morgan fingerprint density at radius 2 is 2.00 bits per heavy atom. The van der Waals surface area contributed by atoms with E-state index in [0.29, 0.717) is 5.92 Å². The second kappa shape index (κ2) is 7.29. The van der Waals surface area contributed by atoms with E-state index in [-0.39, 0.29) is 5.91 Å². The van der Waals surface area contributed by atoms with Crippen molar-refractivity contribution < 1.29 is 4.79 Å². The zero-order chi connectivity index (χ0) is 13.7. The van der Waals surface area contributed by atoms with Gasteiger partial charge in [0.1, 0.15) is 0 Å². The van der Waals surface area contributed by atoms with E-state index in [4.69, 9.17) is 0 Å². The molecule has 1 aromatic heterocycles. The minimum absolute atomic E-state index is 0.170. The highest BCUT2D eigenvalue weighted by Gasteiger charge is 2.19. The fourth-order valence-corrected chi connectivity index (χ4v) is 3.44. The van der Waals surface area contributed by atoms with Gasteiger partial charge in [-0.3, -0.25) is 4.79 Å². The molecule has 0 saturated heterocycles. The van der Waals surface area contributed by atoms with Crippen molar-refractivity contribution in [3.8, 4) is 0 Å². The van der Waals surface area contributed by atoms with Crippen molar-refractivity contribution in [2.24, 2.45) is 5.92 Å². The van der Waals surface area contributed by atoms with Crippen molar-refractivity contribution in [2.75, 3.05) is 13.1 Å². The van der Waals surface area contributed by atoms with Gasteiger partial charge in [0.25, 0.3) is 5.91 Å². The van der Waals surface area contributed by atoms with Crippen LogP contribution in [0.15, 0.2) is 9.85 Å². The van der Waals surface area contributed by atoms with Crippen LogP contribution < -0.4 is 0 Å². The lowest BCUT2D eigenvalue weighted by atomic mass is 10.0. The van der Waals surface area contributed by atoms with Gasteiger partial charge in [-0.25, -0.2) is 0 Å². The zero-order valence-electron chi connectivity index (χ0n) is 11.6. The number of hydrogen-bond donors (Lipinski definition) is 0. The van der Waals surface area contributed by atoms with Crippen LogP contribution in [0, 0.1) is 12.8 Å². The lowest BCUT2D eigenvalue weighted by Gasteiger charge is -2.25. The van der Waals surface area contributed by atoms with Gasteiger partial charge in [-0.2, -0.15) is 0 Å². The van der Waals surface area contributed by atoms with Gasteiger partial charge in [-0.05, 0) is 47.3 Å². The van der Waals surface area contributed by atoms with Crippen LogP contribution in [0.1, 0.15) is 48.8 Å². The first-order valence-electron chi connectivity index (χ1n) is 6.58. The smallest absolute Gasteiger partial charge is 0.263 e. The average Bonchev–Trinajstić information content (AvgIpc) is 2.70. The summed E-state index contributed by atoms with van der Waals surface area (Å²) in [5, 5.41) is 0. The molecule has 0 N–H and O–H groups in total. The summed E-state index contributed by atoms with van der Waals surface area (Å²) in [6.45, 7) is 10.1. The molecule has 0 unspecified atom stereocenters. The number of nitrogens with zero attached hydrogens (tertiary/aromatic N) is 1. The normalized spacial score (nSPS) is 11.0. The number of rotatable bonds is 6. The molecule has 0 atom stereocenters. The van der Waals surface area contributed by atoms with Gasteiger partial charge in [-0.15, -0.1) is 11.3 Å². The minimum Gasteiger partial charge on any atom is -0.338 e. The third kappa shape index (κ3) is 3.82. The number of thiophene rings is 1.